The van der Waals surface area contributed by atoms with Gasteiger partial charge in [-0.25, -0.2) is 5.43 Å². The summed E-state index contributed by atoms with van der Waals surface area (Å²) in [5, 5.41) is 14.4. The smallest absolute Gasteiger partial charge is 0.277 e. The molecule has 2 rings (SSSR count). The summed E-state index contributed by atoms with van der Waals surface area (Å²) in [6.07, 6.45) is 1.33. The molecule has 0 aromatic heterocycles. The highest BCUT2D eigenvalue weighted by atomic mass is 16.6. The Labute approximate surface area is 132 Å². The summed E-state index contributed by atoms with van der Waals surface area (Å²) in [5.74, 6) is 0.167. The maximum atomic E-state index is 11.6. The SMILES string of the molecule is Cc1ccc(OCC(=O)NN=Cc2cccc([N+](=O)[O-])c2)cc1. The minimum absolute atomic E-state index is 0.0389. The number of nitrogens with zero attached hydrogens (tertiary/aromatic N) is 2. The van der Waals surface area contributed by atoms with Crippen LogP contribution in [0.5, 0.6) is 5.75 Å². The molecule has 7 heteroatoms. The standard InChI is InChI=1S/C16H15N3O4/c1-12-5-7-15(8-6-12)23-11-16(20)18-17-10-13-3-2-4-14(9-13)19(21)22/h2-10H,11H2,1H3,(H,18,20). The molecule has 0 fully saturated rings. The van der Waals surface area contributed by atoms with E-state index < -0.39 is 10.8 Å². The second-order valence-corrected chi connectivity index (χ2v) is 4.75. The summed E-state index contributed by atoms with van der Waals surface area (Å²) in [4.78, 5) is 21.7. The van der Waals surface area contributed by atoms with Crippen LogP contribution >= 0.6 is 0 Å². The molecule has 0 aliphatic heterocycles. The number of carbonyl (C=O) groups is 1. The van der Waals surface area contributed by atoms with E-state index >= 15 is 0 Å². The Morgan fingerprint density at radius 2 is 2.04 bits per heavy atom. The highest BCUT2D eigenvalue weighted by molar-refractivity contribution is 5.83. The van der Waals surface area contributed by atoms with Crippen LogP contribution in [0.1, 0.15) is 11.1 Å². The molecule has 0 atom stereocenters. The molecule has 0 spiro atoms. The lowest BCUT2D eigenvalue weighted by Crippen LogP contribution is -2.24. The molecule has 1 amide bonds. The van der Waals surface area contributed by atoms with E-state index in [9.17, 15) is 14.9 Å². The van der Waals surface area contributed by atoms with Crippen LogP contribution in [0, 0.1) is 17.0 Å². The number of aryl methyl sites for hydroxylation is 1. The van der Waals surface area contributed by atoms with Crippen LogP contribution in [0.2, 0.25) is 0 Å². The predicted molar refractivity (Wildman–Crippen MR) is 85.5 cm³/mol. The van der Waals surface area contributed by atoms with Crippen LogP contribution in [0.25, 0.3) is 0 Å². The topological polar surface area (TPSA) is 93.8 Å². The Morgan fingerprint density at radius 1 is 1.30 bits per heavy atom. The van der Waals surface area contributed by atoms with Crippen LogP contribution in [0.3, 0.4) is 0 Å². The number of ether oxygens (including phenoxy) is 1. The fraction of sp³-hybridized carbons (Fsp3) is 0.125. The number of non-ortho nitro benzene ring substituents is 1. The molecule has 0 heterocycles. The van der Waals surface area contributed by atoms with E-state index in [-0.39, 0.29) is 12.3 Å². The van der Waals surface area contributed by atoms with E-state index in [2.05, 4.69) is 10.5 Å². The van der Waals surface area contributed by atoms with Crippen molar-refractivity contribution in [1.29, 1.82) is 0 Å². The fourth-order valence-corrected chi connectivity index (χ4v) is 1.71. The molecule has 0 bridgehead atoms. The molecular formula is C16H15N3O4. The van der Waals surface area contributed by atoms with E-state index in [4.69, 9.17) is 4.74 Å². The monoisotopic (exact) mass is 313 g/mol. The van der Waals surface area contributed by atoms with Gasteiger partial charge in [-0.3, -0.25) is 14.9 Å². The van der Waals surface area contributed by atoms with Crippen LogP contribution in [0.4, 0.5) is 5.69 Å². The summed E-state index contributed by atoms with van der Waals surface area (Å²) < 4.78 is 5.30. The van der Waals surface area contributed by atoms with Gasteiger partial charge >= 0.3 is 0 Å². The number of hydrogen-bond acceptors (Lipinski definition) is 5. The minimum atomic E-state index is -0.495. The fourth-order valence-electron chi connectivity index (χ4n) is 1.71. The number of nitro benzene ring substituents is 1. The van der Waals surface area contributed by atoms with E-state index in [0.29, 0.717) is 11.3 Å². The Hall–Kier alpha value is -3.22. The third-order valence-electron chi connectivity index (χ3n) is 2.87. The van der Waals surface area contributed by atoms with Gasteiger partial charge in [0.05, 0.1) is 11.1 Å². The van der Waals surface area contributed by atoms with E-state index in [0.717, 1.165) is 5.56 Å². The number of amides is 1. The van der Waals surface area contributed by atoms with E-state index in [1.807, 2.05) is 19.1 Å². The highest BCUT2D eigenvalue weighted by Crippen LogP contribution is 2.12. The first-order chi connectivity index (χ1) is 11.0. The van der Waals surface area contributed by atoms with Crippen molar-refractivity contribution >= 4 is 17.8 Å². The molecule has 2 aromatic rings. The molecule has 2 aromatic carbocycles. The summed E-state index contributed by atoms with van der Waals surface area (Å²) >= 11 is 0. The van der Waals surface area contributed by atoms with E-state index in [1.165, 1.54) is 18.3 Å². The van der Waals surface area contributed by atoms with Gasteiger partial charge in [0.15, 0.2) is 6.61 Å². The largest absolute Gasteiger partial charge is 0.484 e. The number of hydrazone groups is 1. The van der Waals surface area contributed by atoms with E-state index in [1.54, 1.807) is 24.3 Å². The van der Waals surface area contributed by atoms with Crippen molar-refractivity contribution < 1.29 is 14.5 Å². The van der Waals surface area contributed by atoms with Gasteiger partial charge in [-0.2, -0.15) is 5.10 Å². The Bertz CT molecular complexity index is 726. The third-order valence-corrected chi connectivity index (χ3v) is 2.87. The predicted octanol–water partition coefficient (Wildman–Crippen LogP) is 2.43. The second kappa shape index (κ2) is 7.69. The number of rotatable bonds is 6. The summed E-state index contributed by atoms with van der Waals surface area (Å²) in [6, 6.07) is 13.2. The number of carbonyl (C=O) groups excluding carboxylic acids is 1. The molecule has 23 heavy (non-hydrogen) atoms. The zero-order chi connectivity index (χ0) is 16.7. The molecule has 118 valence electrons. The van der Waals surface area contributed by atoms with Crippen LogP contribution < -0.4 is 10.2 Å². The molecule has 0 radical (unpaired) electrons. The molecule has 0 saturated carbocycles. The van der Waals surface area contributed by atoms with Gasteiger partial charge in [0, 0.05) is 17.7 Å². The first-order valence-electron chi connectivity index (χ1n) is 6.80. The maximum absolute atomic E-state index is 11.6. The average Bonchev–Trinajstić information content (AvgIpc) is 2.54. The van der Waals surface area contributed by atoms with Crippen molar-refractivity contribution in [2.75, 3.05) is 6.61 Å². The molecule has 0 aliphatic carbocycles. The number of benzene rings is 2. The second-order valence-electron chi connectivity index (χ2n) is 4.75. The minimum Gasteiger partial charge on any atom is -0.484 e. The molecular weight excluding hydrogens is 298 g/mol. The first-order valence-corrected chi connectivity index (χ1v) is 6.80. The van der Waals surface area contributed by atoms with Gasteiger partial charge in [-0.1, -0.05) is 29.8 Å². The van der Waals surface area contributed by atoms with Gasteiger partial charge in [0.25, 0.3) is 11.6 Å². The van der Waals surface area contributed by atoms with Crippen molar-refractivity contribution in [2.45, 2.75) is 6.92 Å². The van der Waals surface area contributed by atoms with Crippen molar-refractivity contribution in [2.24, 2.45) is 5.10 Å². The third kappa shape index (κ3) is 5.24. The normalized spacial score (nSPS) is 10.5. The lowest BCUT2D eigenvalue weighted by molar-refractivity contribution is -0.384. The van der Waals surface area contributed by atoms with Gasteiger partial charge in [-0.05, 0) is 19.1 Å². The Morgan fingerprint density at radius 3 is 2.74 bits per heavy atom. The quantitative estimate of drug-likeness (QED) is 0.503. The first kappa shape index (κ1) is 16.2. The van der Waals surface area contributed by atoms with Crippen molar-refractivity contribution in [3.05, 3.63) is 69.8 Å². The van der Waals surface area contributed by atoms with Crippen molar-refractivity contribution in [1.82, 2.24) is 5.43 Å². The molecule has 0 aliphatic rings. The van der Waals surface area contributed by atoms with Crippen LogP contribution in [0.15, 0.2) is 53.6 Å². The zero-order valence-electron chi connectivity index (χ0n) is 12.4. The average molecular weight is 313 g/mol. The lowest BCUT2D eigenvalue weighted by atomic mass is 10.2. The zero-order valence-corrected chi connectivity index (χ0v) is 12.4. The number of nitro groups is 1. The Balaban J connectivity index is 1.83. The summed E-state index contributed by atoms with van der Waals surface area (Å²) in [6.45, 7) is 1.79. The number of hydrogen-bond donors (Lipinski definition) is 1. The molecule has 0 saturated heterocycles. The number of nitrogens with one attached hydrogen (secondary N) is 1. The van der Waals surface area contributed by atoms with Gasteiger partial charge in [0.2, 0.25) is 0 Å². The molecule has 1 N–H and O–H groups in total. The van der Waals surface area contributed by atoms with Gasteiger partial charge in [0.1, 0.15) is 5.75 Å². The maximum Gasteiger partial charge on any atom is 0.277 e. The van der Waals surface area contributed by atoms with Gasteiger partial charge in [-0.15, -0.1) is 0 Å². The van der Waals surface area contributed by atoms with Crippen molar-refractivity contribution in [3.8, 4) is 5.75 Å². The molecule has 0 unspecified atom stereocenters. The van der Waals surface area contributed by atoms with Crippen LogP contribution in [-0.4, -0.2) is 23.7 Å². The van der Waals surface area contributed by atoms with Crippen LogP contribution in [-0.2, 0) is 4.79 Å². The Kier molecular flexibility index (Phi) is 5.40. The lowest BCUT2D eigenvalue weighted by Gasteiger charge is -2.04. The molecule has 7 nitrogen and oxygen atoms in total. The summed E-state index contributed by atoms with van der Waals surface area (Å²) in [7, 11) is 0. The van der Waals surface area contributed by atoms with Crippen molar-refractivity contribution in [3.63, 3.8) is 0 Å². The highest BCUT2D eigenvalue weighted by Gasteiger charge is 2.04. The summed E-state index contributed by atoms with van der Waals surface area (Å²) in [5.41, 5.74) is 3.87. The van der Waals surface area contributed by atoms with Gasteiger partial charge < -0.3 is 4.74 Å².